The fraction of sp³-hybridized carbons (Fsp3) is 0.571. The molecule has 1 aromatic carbocycles. The normalized spacial score (nSPS) is 29.0. The van der Waals surface area contributed by atoms with Gasteiger partial charge in [0.2, 0.25) is 0 Å². The Bertz CT molecular complexity index is 358. The highest BCUT2D eigenvalue weighted by Gasteiger charge is 2.25. The van der Waals surface area contributed by atoms with Gasteiger partial charge in [-0.25, -0.2) is 0 Å². The zero-order valence-corrected chi connectivity index (χ0v) is 9.61. The molecule has 2 heteroatoms. The number of ether oxygens (including phenoxy) is 1. The summed E-state index contributed by atoms with van der Waals surface area (Å²) in [6.45, 7) is 2.14. The first-order valence-electron chi connectivity index (χ1n) is 6.37. The van der Waals surface area contributed by atoms with Crippen molar-refractivity contribution in [3.8, 4) is 0 Å². The van der Waals surface area contributed by atoms with Gasteiger partial charge in [0.25, 0.3) is 0 Å². The number of rotatable bonds is 2. The van der Waals surface area contributed by atoms with Crippen LogP contribution in [0.4, 0.5) is 0 Å². The molecule has 2 atom stereocenters. The second kappa shape index (κ2) is 4.56. The van der Waals surface area contributed by atoms with Crippen LogP contribution in [0.15, 0.2) is 24.3 Å². The Morgan fingerprint density at radius 2 is 2.12 bits per heavy atom. The summed E-state index contributed by atoms with van der Waals surface area (Å²) in [7, 11) is 0. The Kier molecular flexibility index (Phi) is 2.94. The van der Waals surface area contributed by atoms with Crippen molar-refractivity contribution in [3.05, 3.63) is 35.4 Å². The van der Waals surface area contributed by atoms with Crippen LogP contribution in [0.2, 0.25) is 0 Å². The number of benzene rings is 1. The maximum absolute atomic E-state index is 6.22. The van der Waals surface area contributed by atoms with Crippen molar-refractivity contribution in [2.75, 3.05) is 13.1 Å². The molecule has 1 N–H and O–H groups in total. The molecule has 3 rings (SSSR count). The van der Waals surface area contributed by atoms with Crippen LogP contribution in [0.5, 0.6) is 0 Å². The van der Waals surface area contributed by atoms with Crippen LogP contribution in [0.25, 0.3) is 0 Å². The van der Waals surface area contributed by atoms with Crippen LogP contribution in [0.3, 0.4) is 0 Å². The molecule has 0 radical (unpaired) electrons. The van der Waals surface area contributed by atoms with E-state index < -0.39 is 0 Å². The second-order valence-corrected chi connectivity index (χ2v) is 4.83. The molecule has 1 fully saturated rings. The van der Waals surface area contributed by atoms with Crippen LogP contribution in [-0.2, 0) is 11.2 Å². The van der Waals surface area contributed by atoms with Gasteiger partial charge in [-0.15, -0.1) is 0 Å². The number of hydrogen-bond acceptors (Lipinski definition) is 2. The summed E-state index contributed by atoms with van der Waals surface area (Å²) in [4.78, 5) is 0. The third-order valence-corrected chi connectivity index (χ3v) is 3.69. The van der Waals surface area contributed by atoms with Crippen LogP contribution < -0.4 is 5.32 Å². The van der Waals surface area contributed by atoms with E-state index in [1.165, 1.54) is 36.8 Å². The number of hydrogen-bond donors (Lipinski definition) is 1. The second-order valence-electron chi connectivity index (χ2n) is 4.83. The lowest BCUT2D eigenvalue weighted by Crippen LogP contribution is -2.22. The number of fused-ring (bicyclic) bond motifs is 1. The van der Waals surface area contributed by atoms with E-state index >= 15 is 0 Å². The molecule has 2 unspecified atom stereocenters. The summed E-state index contributed by atoms with van der Waals surface area (Å²) >= 11 is 0. The Morgan fingerprint density at radius 1 is 1.19 bits per heavy atom. The van der Waals surface area contributed by atoms with Crippen molar-refractivity contribution in [2.45, 2.75) is 37.9 Å². The van der Waals surface area contributed by atoms with E-state index in [1.54, 1.807) is 0 Å². The van der Waals surface area contributed by atoms with Gasteiger partial charge in [-0.2, -0.15) is 0 Å². The van der Waals surface area contributed by atoms with Gasteiger partial charge >= 0.3 is 0 Å². The first kappa shape index (κ1) is 10.3. The van der Waals surface area contributed by atoms with Crippen molar-refractivity contribution in [3.63, 3.8) is 0 Å². The minimum absolute atomic E-state index is 0.342. The van der Waals surface area contributed by atoms with Gasteiger partial charge < -0.3 is 10.1 Å². The van der Waals surface area contributed by atoms with Crippen molar-refractivity contribution in [2.24, 2.45) is 0 Å². The maximum atomic E-state index is 6.22. The van der Waals surface area contributed by atoms with E-state index in [4.69, 9.17) is 4.74 Å². The van der Waals surface area contributed by atoms with Crippen LogP contribution in [0.1, 0.15) is 36.5 Å². The van der Waals surface area contributed by atoms with Gasteiger partial charge in [0.15, 0.2) is 0 Å². The Balaban J connectivity index is 1.76. The van der Waals surface area contributed by atoms with Gasteiger partial charge in [0.1, 0.15) is 0 Å². The lowest BCUT2D eigenvalue weighted by atomic mass is 9.89. The quantitative estimate of drug-likeness (QED) is 0.821. The fourth-order valence-electron chi connectivity index (χ4n) is 2.83. The van der Waals surface area contributed by atoms with Gasteiger partial charge in [-0.1, -0.05) is 24.3 Å². The molecule has 2 aliphatic rings. The molecule has 0 aromatic heterocycles. The van der Waals surface area contributed by atoms with Crippen molar-refractivity contribution < 1.29 is 4.74 Å². The molecule has 16 heavy (non-hydrogen) atoms. The largest absolute Gasteiger partial charge is 0.369 e. The molecule has 86 valence electrons. The smallest absolute Gasteiger partial charge is 0.0832 e. The molecule has 1 aliphatic carbocycles. The Morgan fingerprint density at radius 3 is 3.00 bits per heavy atom. The fourth-order valence-corrected chi connectivity index (χ4v) is 2.83. The SMILES string of the molecule is c1ccc2c(c1)CCCC2OC1CCNC1. The molecular weight excluding hydrogens is 198 g/mol. The van der Waals surface area contributed by atoms with Gasteiger partial charge in [0.05, 0.1) is 12.2 Å². The summed E-state index contributed by atoms with van der Waals surface area (Å²) in [6, 6.07) is 8.76. The molecule has 2 nitrogen and oxygen atoms in total. The Labute approximate surface area is 97.0 Å². The highest BCUT2D eigenvalue weighted by molar-refractivity contribution is 5.31. The van der Waals surface area contributed by atoms with E-state index in [1.807, 2.05) is 0 Å². The molecule has 1 saturated heterocycles. The zero-order chi connectivity index (χ0) is 10.8. The number of aryl methyl sites for hydroxylation is 1. The monoisotopic (exact) mass is 217 g/mol. The summed E-state index contributed by atoms with van der Waals surface area (Å²) in [5.41, 5.74) is 2.92. The predicted molar refractivity (Wildman–Crippen MR) is 64.5 cm³/mol. The molecule has 1 heterocycles. The van der Waals surface area contributed by atoms with Crippen LogP contribution in [-0.4, -0.2) is 19.2 Å². The average molecular weight is 217 g/mol. The van der Waals surface area contributed by atoms with E-state index in [0.29, 0.717) is 12.2 Å². The predicted octanol–water partition coefficient (Wildman–Crippen LogP) is 2.44. The van der Waals surface area contributed by atoms with Crippen molar-refractivity contribution >= 4 is 0 Å². The van der Waals surface area contributed by atoms with Crippen LogP contribution in [0, 0.1) is 0 Å². The molecule has 0 bridgehead atoms. The minimum atomic E-state index is 0.342. The standard InChI is InChI=1S/C14H19NO/c1-2-6-13-11(4-1)5-3-7-14(13)16-12-8-9-15-10-12/h1-2,4,6,12,14-15H,3,5,7-10H2. The van der Waals surface area contributed by atoms with Crippen molar-refractivity contribution in [1.82, 2.24) is 5.32 Å². The molecular formula is C14H19NO. The van der Waals surface area contributed by atoms with Gasteiger partial charge in [-0.05, 0) is 43.4 Å². The van der Waals surface area contributed by atoms with Crippen LogP contribution >= 0.6 is 0 Å². The Hall–Kier alpha value is -0.860. The first-order valence-corrected chi connectivity index (χ1v) is 6.37. The first-order chi connectivity index (χ1) is 7.93. The van der Waals surface area contributed by atoms with Gasteiger partial charge in [0, 0.05) is 6.54 Å². The average Bonchev–Trinajstić information content (AvgIpc) is 2.82. The topological polar surface area (TPSA) is 21.3 Å². The number of nitrogens with one attached hydrogen (secondary N) is 1. The van der Waals surface area contributed by atoms with E-state index in [0.717, 1.165) is 13.1 Å². The highest BCUT2D eigenvalue weighted by Crippen LogP contribution is 2.33. The van der Waals surface area contributed by atoms with E-state index in [2.05, 4.69) is 29.6 Å². The highest BCUT2D eigenvalue weighted by atomic mass is 16.5. The summed E-state index contributed by atoms with van der Waals surface area (Å²) in [5.74, 6) is 0. The minimum Gasteiger partial charge on any atom is -0.369 e. The molecule has 0 amide bonds. The summed E-state index contributed by atoms with van der Waals surface area (Å²) in [6.07, 6.45) is 5.61. The lowest BCUT2D eigenvalue weighted by Gasteiger charge is -2.28. The summed E-state index contributed by atoms with van der Waals surface area (Å²) in [5, 5.41) is 3.36. The van der Waals surface area contributed by atoms with Gasteiger partial charge in [-0.3, -0.25) is 0 Å². The lowest BCUT2D eigenvalue weighted by molar-refractivity contribution is -0.0115. The van der Waals surface area contributed by atoms with E-state index in [9.17, 15) is 0 Å². The molecule has 1 aliphatic heterocycles. The molecule has 0 spiro atoms. The zero-order valence-electron chi connectivity index (χ0n) is 9.61. The maximum Gasteiger partial charge on any atom is 0.0832 e. The molecule has 1 aromatic rings. The third-order valence-electron chi connectivity index (χ3n) is 3.69. The third kappa shape index (κ3) is 2.00. The van der Waals surface area contributed by atoms with Crippen molar-refractivity contribution in [1.29, 1.82) is 0 Å². The van der Waals surface area contributed by atoms with E-state index in [-0.39, 0.29) is 0 Å². The summed E-state index contributed by atoms with van der Waals surface area (Å²) < 4.78 is 6.22. The molecule has 0 saturated carbocycles.